The number of unbranched alkanes of at least 4 members (excludes halogenated alkanes) is 2. The summed E-state index contributed by atoms with van der Waals surface area (Å²) < 4.78 is 0. The summed E-state index contributed by atoms with van der Waals surface area (Å²) in [5.41, 5.74) is 0.371. The molecule has 0 saturated carbocycles. The van der Waals surface area contributed by atoms with Gasteiger partial charge in [-0.3, -0.25) is 9.59 Å². The number of hydrogen-bond acceptors (Lipinski definition) is 7. The summed E-state index contributed by atoms with van der Waals surface area (Å²) >= 11 is 11.4. The van der Waals surface area contributed by atoms with Gasteiger partial charge >= 0.3 is 0 Å². The van der Waals surface area contributed by atoms with Crippen molar-refractivity contribution in [1.29, 1.82) is 0 Å². The molecule has 0 spiro atoms. The molecule has 8 nitrogen and oxygen atoms in total. The molecule has 0 bridgehead atoms. The van der Waals surface area contributed by atoms with Gasteiger partial charge in [0.05, 0.1) is 6.42 Å². The van der Waals surface area contributed by atoms with E-state index < -0.39 is 0 Å². The number of carbonyl (C=O) groups excluding carboxylic acids is 1. The smallest absolute Gasteiger partial charge is 0.251 e. The molecule has 0 aliphatic rings. The zero-order valence-electron chi connectivity index (χ0n) is 13.7. The second-order valence-corrected chi connectivity index (χ2v) is 6.16. The second-order valence-electron chi connectivity index (χ2n) is 5.48. The van der Waals surface area contributed by atoms with Crippen molar-refractivity contribution in [2.75, 3.05) is 11.9 Å². The van der Waals surface area contributed by atoms with Crippen molar-refractivity contribution in [3.63, 3.8) is 0 Å². The van der Waals surface area contributed by atoms with Gasteiger partial charge in [0.1, 0.15) is 11.6 Å². The number of ketones is 1. The Morgan fingerprint density at radius 2 is 1.84 bits per heavy atom. The summed E-state index contributed by atoms with van der Waals surface area (Å²) in [4.78, 5) is 41.5. The quantitative estimate of drug-likeness (QED) is 0.637. The van der Waals surface area contributed by atoms with E-state index in [1.54, 1.807) is 6.92 Å². The number of aromatic amines is 1. The highest BCUT2D eigenvalue weighted by atomic mass is 35.5. The van der Waals surface area contributed by atoms with Crippen molar-refractivity contribution < 1.29 is 4.79 Å². The lowest BCUT2D eigenvalue weighted by atomic mass is 10.1. The highest BCUT2D eigenvalue weighted by molar-refractivity contribution is 6.31. The third-order valence-corrected chi connectivity index (χ3v) is 3.62. The summed E-state index contributed by atoms with van der Waals surface area (Å²) in [5.74, 6) is 0.800. The molecule has 10 heteroatoms. The largest absolute Gasteiger partial charge is 0.354 e. The van der Waals surface area contributed by atoms with E-state index in [1.807, 2.05) is 0 Å². The Bertz CT molecular complexity index is 776. The molecule has 0 amide bonds. The first-order valence-electron chi connectivity index (χ1n) is 7.82. The number of H-pyrrole nitrogens is 1. The van der Waals surface area contributed by atoms with Crippen LogP contribution in [0.15, 0.2) is 10.9 Å². The Kier molecular flexibility index (Phi) is 7.27. The first-order valence-corrected chi connectivity index (χ1v) is 8.57. The van der Waals surface area contributed by atoms with Gasteiger partial charge in [0, 0.05) is 24.7 Å². The number of Topliss-reactive ketones (excluding diaryl/α,β-unsaturated/α-hetero) is 1. The highest BCUT2D eigenvalue weighted by Crippen LogP contribution is 2.10. The van der Waals surface area contributed by atoms with Crippen LogP contribution in [-0.4, -0.2) is 37.2 Å². The fourth-order valence-corrected chi connectivity index (χ4v) is 2.59. The third kappa shape index (κ3) is 7.15. The number of aromatic nitrogens is 5. The van der Waals surface area contributed by atoms with Crippen LogP contribution in [0.1, 0.15) is 37.2 Å². The molecule has 0 saturated heterocycles. The van der Waals surface area contributed by atoms with Crippen molar-refractivity contribution in [3.8, 4) is 0 Å². The second kappa shape index (κ2) is 9.43. The molecule has 2 aromatic rings. The fraction of sp³-hybridized carbons (Fsp3) is 0.467. The zero-order valence-corrected chi connectivity index (χ0v) is 15.2. The first kappa shape index (κ1) is 19.3. The van der Waals surface area contributed by atoms with E-state index in [9.17, 15) is 9.59 Å². The van der Waals surface area contributed by atoms with Gasteiger partial charge in [-0.2, -0.15) is 15.0 Å². The van der Waals surface area contributed by atoms with E-state index in [2.05, 4.69) is 30.2 Å². The van der Waals surface area contributed by atoms with E-state index >= 15 is 0 Å². The van der Waals surface area contributed by atoms with Crippen LogP contribution < -0.4 is 10.9 Å². The molecule has 25 heavy (non-hydrogen) atoms. The molecule has 2 heterocycles. The summed E-state index contributed by atoms with van der Waals surface area (Å²) in [6, 6.07) is 1.40. The van der Waals surface area contributed by atoms with E-state index in [0.717, 1.165) is 19.3 Å². The average molecular weight is 385 g/mol. The number of halogens is 2. The van der Waals surface area contributed by atoms with Gasteiger partial charge in [0.15, 0.2) is 0 Å². The summed E-state index contributed by atoms with van der Waals surface area (Å²) in [7, 11) is 0. The fourth-order valence-electron chi connectivity index (χ4n) is 2.23. The lowest BCUT2D eigenvalue weighted by Gasteiger charge is -2.05. The number of aryl methyl sites for hydroxylation is 1. The maximum absolute atomic E-state index is 11.9. The van der Waals surface area contributed by atoms with Crippen molar-refractivity contribution in [1.82, 2.24) is 24.9 Å². The third-order valence-electron chi connectivity index (χ3n) is 3.28. The molecule has 0 atom stereocenters. The first-order chi connectivity index (χ1) is 11.9. The molecule has 0 aliphatic heterocycles. The van der Waals surface area contributed by atoms with Crippen LogP contribution in [0.5, 0.6) is 0 Å². The van der Waals surface area contributed by atoms with Crippen LogP contribution in [0.25, 0.3) is 0 Å². The Balaban J connectivity index is 1.64. The van der Waals surface area contributed by atoms with Crippen LogP contribution in [-0.2, 0) is 11.2 Å². The van der Waals surface area contributed by atoms with Crippen LogP contribution in [0.4, 0.5) is 5.95 Å². The maximum atomic E-state index is 11.9. The van der Waals surface area contributed by atoms with E-state index in [0.29, 0.717) is 30.4 Å². The van der Waals surface area contributed by atoms with Gasteiger partial charge in [0.25, 0.3) is 5.56 Å². The van der Waals surface area contributed by atoms with Gasteiger partial charge < -0.3 is 10.3 Å². The van der Waals surface area contributed by atoms with Gasteiger partial charge in [-0.05, 0) is 43.0 Å². The molecule has 2 aromatic heterocycles. The summed E-state index contributed by atoms with van der Waals surface area (Å²) in [5, 5.41) is 3.08. The standard InChI is InChI=1S/C15H18Cl2N6O2/c1-9-7-12(25)20-11(19-9)8-10(24)5-3-2-4-6-18-15-22-13(16)21-14(17)23-15/h7H,2-6,8H2,1H3,(H,19,20,25)(H,18,21,22,23). The number of nitrogens with one attached hydrogen (secondary N) is 2. The lowest BCUT2D eigenvalue weighted by molar-refractivity contribution is -0.118. The number of rotatable bonds is 9. The Morgan fingerprint density at radius 3 is 2.52 bits per heavy atom. The minimum Gasteiger partial charge on any atom is -0.354 e. The molecular weight excluding hydrogens is 367 g/mol. The number of nitrogens with zero attached hydrogens (tertiary/aromatic N) is 4. The summed E-state index contributed by atoms with van der Waals surface area (Å²) in [6.45, 7) is 2.36. The molecule has 0 radical (unpaired) electrons. The lowest BCUT2D eigenvalue weighted by Crippen LogP contribution is -2.14. The summed E-state index contributed by atoms with van der Waals surface area (Å²) in [6.07, 6.45) is 3.06. The van der Waals surface area contributed by atoms with Crippen molar-refractivity contribution in [2.45, 2.75) is 39.0 Å². The molecule has 2 rings (SSSR count). The number of anilines is 1. The maximum Gasteiger partial charge on any atom is 0.251 e. The van der Waals surface area contributed by atoms with Gasteiger partial charge in [-0.25, -0.2) is 4.98 Å². The molecule has 0 fully saturated rings. The van der Waals surface area contributed by atoms with Crippen LogP contribution >= 0.6 is 23.2 Å². The van der Waals surface area contributed by atoms with Gasteiger partial charge in [-0.1, -0.05) is 6.42 Å². The molecule has 0 aromatic carbocycles. The minimum absolute atomic E-state index is 0.0379. The molecule has 0 aliphatic carbocycles. The predicted molar refractivity (Wildman–Crippen MR) is 95.1 cm³/mol. The Labute approximate surface area is 154 Å². The van der Waals surface area contributed by atoms with Crippen molar-refractivity contribution >= 4 is 34.9 Å². The SMILES string of the molecule is Cc1cc(=O)[nH]c(CC(=O)CCCCCNc2nc(Cl)nc(Cl)n2)n1. The van der Waals surface area contributed by atoms with Crippen LogP contribution in [0.3, 0.4) is 0 Å². The molecular formula is C15H18Cl2N6O2. The number of carbonyl (C=O) groups is 1. The van der Waals surface area contributed by atoms with E-state index in [1.165, 1.54) is 6.07 Å². The zero-order chi connectivity index (χ0) is 18.2. The average Bonchev–Trinajstić information content (AvgIpc) is 2.48. The van der Waals surface area contributed by atoms with E-state index in [4.69, 9.17) is 23.2 Å². The van der Waals surface area contributed by atoms with Crippen LogP contribution in [0, 0.1) is 6.92 Å². The van der Waals surface area contributed by atoms with Crippen molar-refractivity contribution in [3.05, 3.63) is 38.5 Å². The highest BCUT2D eigenvalue weighted by Gasteiger charge is 2.07. The van der Waals surface area contributed by atoms with Crippen LogP contribution in [0.2, 0.25) is 10.6 Å². The molecule has 134 valence electrons. The predicted octanol–water partition coefficient (Wildman–Crippen LogP) is 2.35. The monoisotopic (exact) mass is 384 g/mol. The normalized spacial score (nSPS) is 10.7. The van der Waals surface area contributed by atoms with Crippen molar-refractivity contribution in [2.24, 2.45) is 0 Å². The van der Waals surface area contributed by atoms with Gasteiger partial charge in [0.2, 0.25) is 16.5 Å². The van der Waals surface area contributed by atoms with Gasteiger partial charge in [-0.15, -0.1) is 0 Å². The van der Waals surface area contributed by atoms with E-state index in [-0.39, 0.29) is 28.3 Å². The molecule has 2 N–H and O–H groups in total. The Hall–Kier alpha value is -2.06. The topological polar surface area (TPSA) is 114 Å². The number of hydrogen-bond donors (Lipinski definition) is 2. The Morgan fingerprint density at radius 1 is 1.12 bits per heavy atom. The molecule has 0 unspecified atom stereocenters. The minimum atomic E-state index is -0.236.